The highest BCUT2D eigenvalue weighted by Crippen LogP contribution is 2.33. The number of pyridine rings is 1. The molecule has 0 aliphatic carbocycles. The molecule has 2 N–H and O–H groups in total. The van der Waals surface area contributed by atoms with Crippen LogP contribution in [0.5, 0.6) is 17.4 Å². The van der Waals surface area contributed by atoms with Crippen molar-refractivity contribution in [2.45, 2.75) is 50.8 Å². The molecule has 2 bridgehead atoms. The van der Waals surface area contributed by atoms with Crippen molar-refractivity contribution >= 4 is 33.4 Å². The molecule has 9 heteroatoms. The minimum absolute atomic E-state index is 0.188. The summed E-state index contributed by atoms with van der Waals surface area (Å²) in [5.41, 5.74) is 4.64. The number of hydrogen-bond acceptors (Lipinski definition) is 8. The van der Waals surface area contributed by atoms with Gasteiger partial charge >= 0.3 is 0 Å². The monoisotopic (exact) mass is 507 g/mol. The first-order valence-electron chi connectivity index (χ1n) is 13.1. The van der Waals surface area contributed by atoms with E-state index in [0.29, 0.717) is 23.8 Å². The van der Waals surface area contributed by atoms with Crippen molar-refractivity contribution in [3.05, 3.63) is 66.9 Å². The Morgan fingerprint density at radius 3 is 2.66 bits per heavy atom. The normalized spacial score (nSPS) is 20.6. The standard InChI is InChI=1S/C29H29N7O2/c1-17-9-18(5-8-27(17)37-21-6-7-26-24(12-21)33-16-36(26)2)35-29-23-13-28(30-14-25(23)31-15-32-29)38-22-10-19-3-4-20(11-22)34-19/h5-9,12-16,19-20,22,34H,3-4,10-11H2,1-2H3,(H,31,32,35). The van der Waals surface area contributed by atoms with Crippen LogP contribution in [0.15, 0.2) is 61.3 Å². The molecule has 2 unspecified atom stereocenters. The molecule has 192 valence electrons. The first-order valence-corrected chi connectivity index (χ1v) is 13.1. The van der Waals surface area contributed by atoms with Gasteiger partial charge in [0.2, 0.25) is 5.88 Å². The van der Waals surface area contributed by atoms with E-state index in [9.17, 15) is 0 Å². The number of imidazole rings is 1. The zero-order chi connectivity index (χ0) is 25.6. The van der Waals surface area contributed by atoms with Gasteiger partial charge in [-0.05, 0) is 68.5 Å². The van der Waals surface area contributed by atoms with Gasteiger partial charge in [-0.25, -0.2) is 19.9 Å². The van der Waals surface area contributed by atoms with Crippen molar-refractivity contribution in [3.8, 4) is 17.4 Å². The molecule has 9 nitrogen and oxygen atoms in total. The van der Waals surface area contributed by atoms with Crippen LogP contribution in [-0.2, 0) is 7.05 Å². The average Bonchev–Trinajstić information content (AvgIpc) is 3.46. The van der Waals surface area contributed by atoms with Crippen molar-refractivity contribution < 1.29 is 9.47 Å². The largest absolute Gasteiger partial charge is 0.474 e. The van der Waals surface area contributed by atoms with Gasteiger partial charge in [0.25, 0.3) is 0 Å². The topological polar surface area (TPSA) is 99.0 Å². The van der Waals surface area contributed by atoms with Crippen LogP contribution in [0, 0.1) is 6.92 Å². The highest BCUT2D eigenvalue weighted by atomic mass is 16.5. The van der Waals surface area contributed by atoms with E-state index in [4.69, 9.17) is 9.47 Å². The molecule has 2 aliphatic heterocycles. The second-order valence-electron chi connectivity index (χ2n) is 10.3. The molecule has 2 aromatic carbocycles. The maximum atomic E-state index is 6.31. The summed E-state index contributed by atoms with van der Waals surface area (Å²) in [5, 5.41) is 7.98. The van der Waals surface area contributed by atoms with Gasteiger partial charge in [0.05, 0.1) is 29.1 Å². The number of fused-ring (bicyclic) bond motifs is 4. The molecule has 2 atom stereocenters. The Morgan fingerprint density at radius 1 is 0.947 bits per heavy atom. The summed E-state index contributed by atoms with van der Waals surface area (Å²) in [6, 6.07) is 15.0. The van der Waals surface area contributed by atoms with Crippen LogP contribution in [-0.4, -0.2) is 42.7 Å². The first-order chi connectivity index (χ1) is 18.6. The lowest BCUT2D eigenvalue weighted by Crippen LogP contribution is -2.42. The van der Waals surface area contributed by atoms with Crippen molar-refractivity contribution in [2.24, 2.45) is 7.05 Å². The lowest BCUT2D eigenvalue weighted by Gasteiger charge is -2.29. The molecule has 7 rings (SSSR count). The summed E-state index contributed by atoms with van der Waals surface area (Å²) < 4.78 is 14.5. The Hall–Kier alpha value is -4.24. The van der Waals surface area contributed by atoms with Crippen molar-refractivity contribution in [1.29, 1.82) is 0 Å². The van der Waals surface area contributed by atoms with Crippen LogP contribution in [0.1, 0.15) is 31.2 Å². The van der Waals surface area contributed by atoms with Gasteiger partial charge in [-0.2, -0.15) is 0 Å². The fraction of sp³-hybridized carbons (Fsp3) is 0.310. The number of ether oxygens (including phenoxy) is 2. The van der Waals surface area contributed by atoms with Gasteiger partial charge in [0.15, 0.2) is 0 Å². The molecule has 0 amide bonds. The number of nitrogens with one attached hydrogen (secondary N) is 2. The van der Waals surface area contributed by atoms with Crippen molar-refractivity contribution in [2.75, 3.05) is 5.32 Å². The van der Waals surface area contributed by atoms with E-state index in [0.717, 1.165) is 57.5 Å². The van der Waals surface area contributed by atoms with E-state index in [1.807, 2.05) is 61.0 Å². The maximum absolute atomic E-state index is 6.31. The number of nitrogens with zero attached hydrogens (tertiary/aromatic N) is 5. The number of aryl methyl sites for hydroxylation is 2. The molecule has 0 saturated carbocycles. The lowest BCUT2D eigenvalue weighted by molar-refractivity contribution is 0.132. The van der Waals surface area contributed by atoms with Crippen molar-refractivity contribution in [1.82, 2.24) is 29.8 Å². The Balaban J connectivity index is 1.10. The Labute approximate surface area is 220 Å². The molecular formula is C29H29N7O2. The number of hydrogen-bond donors (Lipinski definition) is 2. The second kappa shape index (κ2) is 9.25. The molecule has 0 radical (unpaired) electrons. The zero-order valence-electron chi connectivity index (χ0n) is 21.4. The predicted octanol–water partition coefficient (Wildman–Crippen LogP) is 5.42. The first kappa shape index (κ1) is 22.9. The highest BCUT2D eigenvalue weighted by molar-refractivity contribution is 5.90. The number of benzene rings is 2. The summed E-state index contributed by atoms with van der Waals surface area (Å²) in [7, 11) is 1.98. The molecule has 3 aromatic heterocycles. The van der Waals surface area contributed by atoms with E-state index in [-0.39, 0.29) is 6.10 Å². The Morgan fingerprint density at radius 2 is 1.82 bits per heavy atom. The van der Waals surface area contributed by atoms with E-state index in [2.05, 4.69) is 30.6 Å². The molecule has 2 fully saturated rings. The van der Waals surface area contributed by atoms with E-state index in [1.165, 1.54) is 12.8 Å². The molecule has 5 aromatic rings. The van der Waals surface area contributed by atoms with Crippen LogP contribution in [0.3, 0.4) is 0 Å². The Kier molecular flexibility index (Phi) is 5.58. The smallest absolute Gasteiger partial charge is 0.214 e. The second-order valence-corrected chi connectivity index (χ2v) is 10.3. The van der Waals surface area contributed by atoms with Gasteiger partial charge in [-0.1, -0.05) is 0 Å². The van der Waals surface area contributed by atoms with Crippen LogP contribution in [0.2, 0.25) is 0 Å². The molecule has 5 heterocycles. The average molecular weight is 508 g/mol. The number of anilines is 2. The summed E-state index contributed by atoms with van der Waals surface area (Å²) in [6.45, 7) is 2.03. The number of rotatable bonds is 6. The minimum atomic E-state index is 0.188. The molecule has 0 spiro atoms. The predicted molar refractivity (Wildman–Crippen MR) is 146 cm³/mol. The third-order valence-corrected chi connectivity index (χ3v) is 7.58. The van der Waals surface area contributed by atoms with E-state index in [1.54, 1.807) is 18.9 Å². The summed E-state index contributed by atoms with van der Waals surface area (Å²) in [5.74, 6) is 2.87. The van der Waals surface area contributed by atoms with E-state index >= 15 is 0 Å². The van der Waals surface area contributed by atoms with Gasteiger partial charge in [-0.15, -0.1) is 0 Å². The van der Waals surface area contributed by atoms with Gasteiger partial charge in [0.1, 0.15) is 29.7 Å². The Bertz CT molecular complexity index is 1640. The third kappa shape index (κ3) is 4.39. The fourth-order valence-corrected chi connectivity index (χ4v) is 5.66. The minimum Gasteiger partial charge on any atom is -0.474 e. The van der Waals surface area contributed by atoms with Crippen LogP contribution in [0.4, 0.5) is 11.5 Å². The fourth-order valence-electron chi connectivity index (χ4n) is 5.66. The number of aromatic nitrogens is 5. The summed E-state index contributed by atoms with van der Waals surface area (Å²) in [6.07, 6.45) is 9.82. The number of piperidine rings is 1. The lowest BCUT2D eigenvalue weighted by atomic mass is 10.0. The maximum Gasteiger partial charge on any atom is 0.214 e. The molecule has 2 saturated heterocycles. The van der Waals surface area contributed by atoms with Gasteiger partial charge in [-0.3, -0.25) is 0 Å². The van der Waals surface area contributed by atoms with Crippen LogP contribution < -0.4 is 20.1 Å². The SMILES string of the molecule is Cc1cc(Nc2ncnc3cnc(OC4CC5CCC(C4)N5)cc23)ccc1Oc1ccc2c(c1)ncn2C. The highest BCUT2D eigenvalue weighted by Gasteiger charge is 2.34. The van der Waals surface area contributed by atoms with Crippen molar-refractivity contribution in [3.63, 3.8) is 0 Å². The molecule has 2 aliphatic rings. The van der Waals surface area contributed by atoms with E-state index < -0.39 is 0 Å². The summed E-state index contributed by atoms with van der Waals surface area (Å²) in [4.78, 5) is 17.9. The summed E-state index contributed by atoms with van der Waals surface area (Å²) >= 11 is 0. The zero-order valence-corrected chi connectivity index (χ0v) is 21.4. The quantitative estimate of drug-likeness (QED) is 0.314. The third-order valence-electron chi connectivity index (χ3n) is 7.58. The van der Waals surface area contributed by atoms with Crippen LogP contribution in [0.25, 0.3) is 21.9 Å². The van der Waals surface area contributed by atoms with Gasteiger partial charge < -0.3 is 24.7 Å². The van der Waals surface area contributed by atoms with Gasteiger partial charge in [0, 0.05) is 42.3 Å². The molecular weight excluding hydrogens is 478 g/mol. The molecule has 38 heavy (non-hydrogen) atoms. The van der Waals surface area contributed by atoms with Crippen LogP contribution >= 0.6 is 0 Å².